The minimum Gasteiger partial charge on any atom is -0.480 e. The van der Waals surface area contributed by atoms with E-state index in [1.165, 1.54) is 4.90 Å². The Labute approximate surface area is 119 Å². The van der Waals surface area contributed by atoms with Crippen LogP contribution in [-0.2, 0) is 4.79 Å². The smallest absolute Gasteiger partial charge is 0.326 e. The molecule has 0 radical (unpaired) electrons. The molecule has 3 unspecified atom stereocenters. The van der Waals surface area contributed by atoms with Gasteiger partial charge in [-0.2, -0.15) is 0 Å². The number of rotatable bonds is 3. The number of carboxylic acid groups (broad SMARTS) is 1. The Bertz CT molecular complexity index is 387. The first kappa shape index (κ1) is 15.1. The Morgan fingerprint density at radius 2 is 2.05 bits per heavy atom. The van der Waals surface area contributed by atoms with E-state index in [0.717, 1.165) is 19.3 Å². The molecule has 6 nitrogen and oxygen atoms in total. The minimum absolute atomic E-state index is 0.0983. The lowest BCUT2D eigenvalue weighted by Crippen LogP contribution is -2.50. The normalized spacial score (nSPS) is 37.1. The molecule has 6 heteroatoms. The Morgan fingerprint density at radius 3 is 2.60 bits per heavy atom. The number of carbonyl (C=O) groups is 2. The highest BCUT2D eigenvalue weighted by atomic mass is 16.4. The molecule has 20 heavy (non-hydrogen) atoms. The summed E-state index contributed by atoms with van der Waals surface area (Å²) in [7, 11) is 0. The van der Waals surface area contributed by atoms with Gasteiger partial charge in [0.15, 0.2) is 0 Å². The number of β-amino-alcohol motifs (C(OH)–C–C–N with tert-alkyl or cyclic N) is 1. The highest BCUT2D eigenvalue weighted by molar-refractivity contribution is 5.83. The van der Waals surface area contributed by atoms with Gasteiger partial charge in [0.2, 0.25) is 0 Å². The van der Waals surface area contributed by atoms with Crippen molar-refractivity contribution in [2.45, 2.75) is 57.7 Å². The van der Waals surface area contributed by atoms with Crippen LogP contribution >= 0.6 is 0 Å². The number of hydrogen-bond donors (Lipinski definition) is 3. The van der Waals surface area contributed by atoms with Crippen molar-refractivity contribution >= 4 is 12.0 Å². The molecule has 5 atom stereocenters. The van der Waals surface area contributed by atoms with Crippen LogP contribution in [0.25, 0.3) is 0 Å². The molecule has 1 saturated carbocycles. The van der Waals surface area contributed by atoms with Gasteiger partial charge in [-0.1, -0.05) is 20.3 Å². The van der Waals surface area contributed by atoms with Crippen molar-refractivity contribution in [3.05, 3.63) is 0 Å². The van der Waals surface area contributed by atoms with Crippen molar-refractivity contribution in [1.82, 2.24) is 10.2 Å². The van der Waals surface area contributed by atoms with E-state index in [1.54, 1.807) is 0 Å². The maximum atomic E-state index is 12.2. The zero-order valence-electron chi connectivity index (χ0n) is 12.1. The Morgan fingerprint density at radius 1 is 1.35 bits per heavy atom. The molecule has 114 valence electrons. The van der Waals surface area contributed by atoms with Crippen LogP contribution in [0.3, 0.4) is 0 Å². The lowest BCUT2D eigenvalue weighted by Gasteiger charge is -2.26. The fourth-order valence-electron chi connectivity index (χ4n) is 3.54. The summed E-state index contributed by atoms with van der Waals surface area (Å²) in [5.41, 5.74) is 0. The number of aliphatic carboxylic acids is 1. The number of carbonyl (C=O) groups excluding carboxylic acids is 1. The van der Waals surface area contributed by atoms with Crippen molar-refractivity contribution in [1.29, 1.82) is 0 Å². The van der Waals surface area contributed by atoms with E-state index in [9.17, 15) is 14.7 Å². The molecule has 0 spiro atoms. The van der Waals surface area contributed by atoms with Crippen LogP contribution in [0, 0.1) is 11.8 Å². The SMILES string of the molecule is CCC1CCC(NC(=O)N2C[C@H](O)C[C@@H]2C(=O)O)C1C. The zero-order valence-corrected chi connectivity index (χ0v) is 12.1. The van der Waals surface area contributed by atoms with Gasteiger partial charge in [-0.15, -0.1) is 0 Å². The van der Waals surface area contributed by atoms with Crippen LogP contribution < -0.4 is 5.32 Å². The summed E-state index contributed by atoms with van der Waals surface area (Å²) >= 11 is 0. The maximum absolute atomic E-state index is 12.2. The number of likely N-dealkylation sites (tertiary alicyclic amines) is 1. The number of amides is 2. The molecule has 0 aromatic rings. The van der Waals surface area contributed by atoms with Crippen LogP contribution in [0.5, 0.6) is 0 Å². The number of urea groups is 1. The van der Waals surface area contributed by atoms with Crippen LogP contribution in [0.4, 0.5) is 4.79 Å². The molecule has 1 aliphatic heterocycles. The third-order valence-electron chi connectivity index (χ3n) is 4.88. The van der Waals surface area contributed by atoms with Crippen molar-refractivity contribution < 1.29 is 19.8 Å². The second-order valence-corrected chi connectivity index (χ2v) is 6.06. The van der Waals surface area contributed by atoms with Crippen molar-refractivity contribution in [2.75, 3.05) is 6.54 Å². The van der Waals surface area contributed by atoms with E-state index < -0.39 is 18.1 Å². The lowest BCUT2D eigenvalue weighted by molar-refractivity contribution is -0.141. The quantitative estimate of drug-likeness (QED) is 0.722. The Balaban J connectivity index is 1.96. The highest BCUT2D eigenvalue weighted by Crippen LogP contribution is 2.34. The standard InChI is InChI=1S/C14H24N2O4/c1-3-9-4-5-11(8(9)2)15-14(20)16-7-10(17)6-12(16)13(18)19/h8-12,17H,3-7H2,1-2H3,(H,15,20)(H,18,19)/t8?,9?,10-,11?,12-/m1/s1. The van der Waals surface area contributed by atoms with Gasteiger partial charge in [0.05, 0.1) is 6.10 Å². The number of aliphatic hydroxyl groups is 1. The molecule has 0 aromatic heterocycles. The number of nitrogens with one attached hydrogen (secondary N) is 1. The minimum atomic E-state index is -1.05. The van der Waals surface area contributed by atoms with Gasteiger partial charge in [-0.05, 0) is 24.7 Å². The molecule has 0 bridgehead atoms. The molecular weight excluding hydrogens is 260 g/mol. The average Bonchev–Trinajstić information content (AvgIpc) is 2.94. The molecule has 3 N–H and O–H groups in total. The van der Waals surface area contributed by atoms with E-state index in [1.807, 2.05) is 0 Å². The molecule has 0 aromatic carbocycles. The number of aliphatic hydroxyl groups excluding tert-OH is 1. The number of carboxylic acids is 1. The van der Waals surface area contributed by atoms with Crippen molar-refractivity contribution in [3.8, 4) is 0 Å². The number of nitrogens with zero attached hydrogens (tertiary/aromatic N) is 1. The fraction of sp³-hybridized carbons (Fsp3) is 0.857. The first-order valence-electron chi connectivity index (χ1n) is 7.42. The van der Waals surface area contributed by atoms with Gasteiger partial charge in [0.25, 0.3) is 0 Å². The summed E-state index contributed by atoms with van der Waals surface area (Å²) in [6, 6.07) is -1.16. The number of hydrogen-bond acceptors (Lipinski definition) is 3. The molecule has 2 fully saturated rings. The van der Waals surface area contributed by atoms with Gasteiger partial charge in [0, 0.05) is 19.0 Å². The van der Waals surface area contributed by atoms with Crippen LogP contribution in [0.2, 0.25) is 0 Å². The second-order valence-electron chi connectivity index (χ2n) is 6.06. The van der Waals surface area contributed by atoms with Gasteiger partial charge < -0.3 is 20.4 Å². The summed E-state index contributed by atoms with van der Waals surface area (Å²) in [4.78, 5) is 24.6. The molecular formula is C14H24N2O4. The first-order chi connectivity index (χ1) is 9.43. The lowest BCUT2D eigenvalue weighted by atomic mass is 9.93. The summed E-state index contributed by atoms with van der Waals surface area (Å²) in [6.45, 7) is 4.39. The third-order valence-corrected chi connectivity index (χ3v) is 4.88. The predicted octanol–water partition coefficient (Wildman–Crippen LogP) is 1.04. The molecule has 2 amide bonds. The summed E-state index contributed by atoms with van der Waals surface area (Å²) < 4.78 is 0. The van der Waals surface area contributed by atoms with E-state index >= 15 is 0 Å². The van der Waals surface area contributed by atoms with Crippen LogP contribution in [0.1, 0.15) is 39.5 Å². The van der Waals surface area contributed by atoms with E-state index in [4.69, 9.17) is 5.11 Å². The third kappa shape index (κ3) is 2.90. The predicted molar refractivity (Wildman–Crippen MR) is 73.3 cm³/mol. The topological polar surface area (TPSA) is 89.9 Å². The second kappa shape index (κ2) is 5.99. The van der Waals surface area contributed by atoms with E-state index in [2.05, 4.69) is 19.2 Å². The molecule has 1 heterocycles. The fourth-order valence-corrected chi connectivity index (χ4v) is 3.54. The maximum Gasteiger partial charge on any atom is 0.326 e. The molecule has 2 aliphatic rings. The molecule has 2 rings (SSSR count). The summed E-state index contributed by atoms with van der Waals surface area (Å²) in [5, 5.41) is 21.6. The van der Waals surface area contributed by atoms with Crippen molar-refractivity contribution in [3.63, 3.8) is 0 Å². The van der Waals surface area contributed by atoms with Gasteiger partial charge in [-0.25, -0.2) is 9.59 Å². The van der Waals surface area contributed by atoms with E-state index in [-0.39, 0.29) is 25.0 Å². The van der Waals surface area contributed by atoms with Gasteiger partial charge >= 0.3 is 12.0 Å². The summed E-state index contributed by atoms with van der Waals surface area (Å²) in [6.07, 6.45) is 2.52. The summed E-state index contributed by atoms with van der Waals surface area (Å²) in [5.74, 6) is -0.0119. The van der Waals surface area contributed by atoms with Crippen LogP contribution in [-0.4, -0.2) is 51.8 Å². The van der Waals surface area contributed by atoms with E-state index in [0.29, 0.717) is 11.8 Å². The monoisotopic (exact) mass is 284 g/mol. The van der Waals surface area contributed by atoms with Gasteiger partial charge in [0.1, 0.15) is 6.04 Å². The highest BCUT2D eigenvalue weighted by Gasteiger charge is 2.41. The Kier molecular flexibility index (Phi) is 4.52. The van der Waals surface area contributed by atoms with Crippen LogP contribution in [0.15, 0.2) is 0 Å². The Hall–Kier alpha value is -1.30. The van der Waals surface area contributed by atoms with Gasteiger partial charge in [-0.3, -0.25) is 0 Å². The largest absolute Gasteiger partial charge is 0.480 e. The van der Waals surface area contributed by atoms with Crippen molar-refractivity contribution in [2.24, 2.45) is 11.8 Å². The molecule has 1 aliphatic carbocycles. The average molecular weight is 284 g/mol. The first-order valence-corrected chi connectivity index (χ1v) is 7.42. The molecule has 1 saturated heterocycles. The zero-order chi connectivity index (χ0) is 14.9.